The van der Waals surface area contributed by atoms with Crippen LogP contribution in [0, 0.1) is 6.92 Å². The number of benzene rings is 2. The first kappa shape index (κ1) is 15.8. The number of anilines is 2. The Morgan fingerprint density at radius 1 is 1.04 bits per heavy atom. The fraction of sp³-hybridized carbons (Fsp3) is 0.286. The Balaban J connectivity index is 1.56. The number of hydrogen-bond donors (Lipinski definition) is 1. The summed E-state index contributed by atoms with van der Waals surface area (Å²) >= 11 is 0. The second-order valence-electron chi connectivity index (χ2n) is 6.69. The summed E-state index contributed by atoms with van der Waals surface area (Å²) in [7, 11) is 0. The van der Waals surface area contributed by atoms with Gasteiger partial charge in [0, 0.05) is 24.3 Å². The quantitative estimate of drug-likeness (QED) is 0.777. The smallest absolute Gasteiger partial charge is 0.244 e. The Morgan fingerprint density at radius 3 is 2.60 bits per heavy atom. The van der Waals surface area contributed by atoms with E-state index in [4.69, 9.17) is 0 Å². The maximum atomic E-state index is 12.7. The number of aryl methyl sites for hydroxylation is 1. The number of aromatic nitrogens is 1. The Labute approximate surface area is 148 Å². The third-order valence-corrected chi connectivity index (χ3v) is 4.94. The average molecular weight is 333 g/mol. The maximum Gasteiger partial charge on any atom is 0.244 e. The Kier molecular flexibility index (Phi) is 4.18. The van der Waals surface area contributed by atoms with Crippen LogP contribution in [-0.2, 0) is 11.3 Å². The molecule has 0 bridgehead atoms. The molecule has 0 spiro atoms. The molecular formula is C21H23N3O. The summed E-state index contributed by atoms with van der Waals surface area (Å²) in [5, 5.41) is 4.29. The van der Waals surface area contributed by atoms with Gasteiger partial charge in [0.05, 0.1) is 11.4 Å². The maximum absolute atomic E-state index is 12.7. The molecule has 1 aliphatic heterocycles. The van der Waals surface area contributed by atoms with Gasteiger partial charge in [0.2, 0.25) is 5.91 Å². The molecule has 1 N–H and O–H groups in total. The molecule has 1 saturated heterocycles. The fourth-order valence-corrected chi connectivity index (χ4v) is 3.70. The van der Waals surface area contributed by atoms with Crippen molar-refractivity contribution in [1.29, 1.82) is 0 Å². The first-order valence-electron chi connectivity index (χ1n) is 8.91. The van der Waals surface area contributed by atoms with E-state index in [0.717, 1.165) is 35.7 Å². The molecule has 4 heteroatoms. The molecule has 0 atom stereocenters. The minimum absolute atomic E-state index is 0.0103. The molecule has 0 aliphatic carbocycles. The van der Waals surface area contributed by atoms with Crippen molar-refractivity contribution in [3.8, 4) is 0 Å². The number of hydrogen-bond acceptors (Lipinski definition) is 2. The van der Waals surface area contributed by atoms with Gasteiger partial charge in [-0.3, -0.25) is 4.79 Å². The van der Waals surface area contributed by atoms with Crippen LogP contribution in [-0.4, -0.2) is 23.6 Å². The summed E-state index contributed by atoms with van der Waals surface area (Å²) in [5.74, 6) is 0.0103. The van der Waals surface area contributed by atoms with Crippen LogP contribution in [0.15, 0.2) is 54.6 Å². The summed E-state index contributed by atoms with van der Waals surface area (Å²) < 4.78 is 2.07. The summed E-state index contributed by atoms with van der Waals surface area (Å²) in [5.41, 5.74) is 4.23. The van der Waals surface area contributed by atoms with E-state index in [1.807, 2.05) is 37.3 Å². The van der Waals surface area contributed by atoms with Crippen molar-refractivity contribution in [3.63, 3.8) is 0 Å². The van der Waals surface area contributed by atoms with Crippen molar-refractivity contribution < 1.29 is 4.79 Å². The van der Waals surface area contributed by atoms with Crippen molar-refractivity contribution in [1.82, 2.24) is 4.57 Å². The molecule has 4 nitrogen and oxygen atoms in total. The summed E-state index contributed by atoms with van der Waals surface area (Å²) in [4.78, 5) is 15.0. The lowest BCUT2D eigenvalue weighted by atomic mass is 10.2. The Bertz CT molecular complexity index is 906. The lowest BCUT2D eigenvalue weighted by molar-refractivity contribution is -0.116. The highest BCUT2D eigenvalue weighted by molar-refractivity contribution is 5.95. The Morgan fingerprint density at radius 2 is 1.76 bits per heavy atom. The van der Waals surface area contributed by atoms with Crippen LogP contribution in [0.5, 0.6) is 0 Å². The van der Waals surface area contributed by atoms with E-state index in [2.05, 4.69) is 39.0 Å². The van der Waals surface area contributed by atoms with Gasteiger partial charge in [0.15, 0.2) is 0 Å². The van der Waals surface area contributed by atoms with Gasteiger partial charge in [0.1, 0.15) is 6.54 Å². The average Bonchev–Trinajstić information content (AvgIpc) is 3.24. The van der Waals surface area contributed by atoms with E-state index in [-0.39, 0.29) is 5.91 Å². The SMILES string of the molecule is Cc1cc2ccccc2n1CC(=O)Nc1ccccc1N1CCCC1. The van der Waals surface area contributed by atoms with Crippen molar-refractivity contribution in [2.24, 2.45) is 0 Å². The normalized spacial score (nSPS) is 14.2. The molecule has 4 rings (SSSR count). The Hall–Kier alpha value is -2.75. The second-order valence-corrected chi connectivity index (χ2v) is 6.69. The van der Waals surface area contributed by atoms with Gasteiger partial charge in [-0.05, 0) is 49.4 Å². The predicted octanol–water partition coefficient (Wildman–Crippen LogP) is 4.19. The largest absolute Gasteiger partial charge is 0.370 e. The zero-order valence-electron chi connectivity index (χ0n) is 14.5. The second kappa shape index (κ2) is 6.63. The number of amides is 1. The van der Waals surface area contributed by atoms with Crippen LogP contribution in [0.1, 0.15) is 18.5 Å². The molecule has 1 amide bonds. The monoisotopic (exact) mass is 333 g/mol. The van der Waals surface area contributed by atoms with Gasteiger partial charge < -0.3 is 14.8 Å². The number of fused-ring (bicyclic) bond motifs is 1. The minimum atomic E-state index is 0.0103. The van der Waals surface area contributed by atoms with Crippen LogP contribution in [0.3, 0.4) is 0 Å². The van der Waals surface area contributed by atoms with Crippen molar-refractivity contribution in [3.05, 3.63) is 60.3 Å². The third kappa shape index (κ3) is 3.12. The number of para-hydroxylation sites is 3. The number of nitrogens with one attached hydrogen (secondary N) is 1. The van der Waals surface area contributed by atoms with Gasteiger partial charge in [-0.15, -0.1) is 0 Å². The lowest BCUT2D eigenvalue weighted by Gasteiger charge is -2.21. The topological polar surface area (TPSA) is 37.3 Å². The minimum Gasteiger partial charge on any atom is -0.370 e. The molecule has 2 aromatic carbocycles. The molecule has 25 heavy (non-hydrogen) atoms. The van der Waals surface area contributed by atoms with Crippen LogP contribution < -0.4 is 10.2 Å². The molecule has 2 heterocycles. The molecule has 3 aromatic rings. The van der Waals surface area contributed by atoms with Gasteiger partial charge in [-0.25, -0.2) is 0 Å². The fourth-order valence-electron chi connectivity index (χ4n) is 3.70. The molecule has 1 aliphatic rings. The highest BCUT2D eigenvalue weighted by Gasteiger charge is 2.17. The van der Waals surface area contributed by atoms with E-state index in [0.29, 0.717) is 6.54 Å². The summed E-state index contributed by atoms with van der Waals surface area (Å²) in [6, 6.07) is 18.4. The molecule has 0 saturated carbocycles. The lowest BCUT2D eigenvalue weighted by Crippen LogP contribution is -2.23. The van der Waals surface area contributed by atoms with Gasteiger partial charge in [0.25, 0.3) is 0 Å². The molecule has 0 radical (unpaired) electrons. The van der Waals surface area contributed by atoms with Crippen LogP contribution >= 0.6 is 0 Å². The molecule has 0 unspecified atom stereocenters. The van der Waals surface area contributed by atoms with E-state index < -0.39 is 0 Å². The van der Waals surface area contributed by atoms with Crippen LogP contribution in [0.25, 0.3) is 10.9 Å². The van der Waals surface area contributed by atoms with Crippen LogP contribution in [0.2, 0.25) is 0 Å². The standard InChI is InChI=1S/C21H23N3O/c1-16-14-17-8-2-4-10-19(17)24(16)15-21(25)22-18-9-3-5-11-20(18)23-12-6-7-13-23/h2-5,8-11,14H,6-7,12-13,15H2,1H3,(H,22,25). The summed E-state index contributed by atoms with van der Waals surface area (Å²) in [6.45, 7) is 4.50. The predicted molar refractivity (Wildman–Crippen MR) is 103 cm³/mol. The molecule has 1 aromatic heterocycles. The first-order valence-corrected chi connectivity index (χ1v) is 8.91. The number of carbonyl (C=O) groups is 1. The zero-order valence-corrected chi connectivity index (χ0v) is 14.5. The number of carbonyl (C=O) groups excluding carboxylic acids is 1. The van der Waals surface area contributed by atoms with E-state index in [1.165, 1.54) is 18.2 Å². The first-order chi connectivity index (χ1) is 12.2. The van der Waals surface area contributed by atoms with Crippen molar-refractivity contribution in [2.45, 2.75) is 26.3 Å². The molecule has 128 valence electrons. The van der Waals surface area contributed by atoms with Gasteiger partial charge in [-0.1, -0.05) is 30.3 Å². The number of rotatable bonds is 4. The summed E-state index contributed by atoms with van der Waals surface area (Å²) in [6.07, 6.45) is 2.44. The number of nitrogens with zero attached hydrogens (tertiary/aromatic N) is 2. The molecular weight excluding hydrogens is 310 g/mol. The van der Waals surface area contributed by atoms with E-state index in [1.54, 1.807) is 0 Å². The van der Waals surface area contributed by atoms with Gasteiger partial charge >= 0.3 is 0 Å². The van der Waals surface area contributed by atoms with Crippen molar-refractivity contribution >= 4 is 28.2 Å². The van der Waals surface area contributed by atoms with Crippen LogP contribution in [0.4, 0.5) is 11.4 Å². The van der Waals surface area contributed by atoms with E-state index in [9.17, 15) is 4.79 Å². The molecule has 1 fully saturated rings. The third-order valence-electron chi connectivity index (χ3n) is 4.94. The highest BCUT2D eigenvalue weighted by atomic mass is 16.1. The zero-order chi connectivity index (χ0) is 17.2. The van der Waals surface area contributed by atoms with Gasteiger partial charge in [-0.2, -0.15) is 0 Å². The van der Waals surface area contributed by atoms with E-state index >= 15 is 0 Å². The van der Waals surface area contributed by atoms with Crippen molar-refractivity contribution in [2.75, 3.05) is 23.3 Å². The highest BCUT2D eigenvalue weighted by Crippen LogP contribution is 2.28.